The summed E-state index contributed by atoms with van der Waals surface area (Å²) < 4.78 is 6.29. The Hall–Kier alpha value is -2.13. The van der Waals surface area contributed by atoms with Crippen molar-refractivity contribution in [3.8, 4) is 0 Å². The van der Waals surface area contributed by atoms with Crippen molar-refractivity contribution in [2.24, 2.45) is 23.7 Å². The summed E-state index contributed by atoms with van der Waals surface area (Å²) in [5.41, 5.74) is 3.59. The summed E-state index contributed by atoms with van der Waals surface area (Å²) in [6.45, 7) is 11.7. The van der Waals surface area contributed by atoms with Crippen molar-refractivity contribution in [3.63, 3.8) is 0 Å². The predicted molar refractivity (Wildman–Crippen MR) is 132 cm³/mol. The molecule has 2 aromatic rings. The number of hydrogen-bond acceptors (Lipinski definition) is 3. The zero-order valence-electron chi connectivity index (χ0n) is 20.5. The second kappa shape index (κ2) is 11.7. The summed E-state index contributed by atoms with van der Waals surface area (Å²) in [7, 11) is 0. The highest BCUT2D eigenvalue weighted by Crippen LogP contribution is 2.37. The minimum absolute atomic E-state index is 0.0353. The lowest BCUT2D eigenvalue weighted by molar-refractivity contribution is -0.162. The minimum atomic E-state index is -0.216. The van der Waals surface area contributed by atoms with Gasteiger partial charge in [0.1, 0.15) is 6.10 Å². The highest BCUT2D eigenvalue weighted by atomic mass is 16.5. The fraction of sp³-hybridized carbons (Fsp3) is 0.552. The number of esters is 1. The number of carbonyl (C=O) groups excluding carboxylic acids is 1. The van der Waals surface area contributed by atoms with Crippen LogP contribution in [0.5, 0.6) is 0 Å². The van der Waals surface area contributed by atoms with Gasteiger partial charge in [-0.3, -0.25) is 4.79 Å². The van der Waals surface area contributed by atoms with Gasteiger partial charge in [-0.25, -0.2) is 0 Å². The number of carbonyl (C=O) groups is 1. The summed E-state index contributed by atoms with van der Waals surface area (Å²) in [5, 5.41) is 3.68. The number of nitrogens with one attached hydrogen (secondary N) is 1. The molecule has 1 aliphatic rings. The van der Waals surface area contributed by atoms with E-state index in [1.165, 1.54) is 17.5 Å². The molecule has 0 aliphatic heterocycles. The van der Waals surface area contributed by atoms with Crippen molar-refractivity contribution in [1.29, 1.82) is 0 Å². The third-order valence-corrected chi connectivity index (χ3v) is 7.18. The maximum atomic E-state index is 13.5. The lowest BCUT2D eigenvalue weighted by Crippen LogP contribution is -2.40. The normalized spacial score (nSPS) is 23.0. The highest BCUT2D eigenvalue weighted by molar-refractivity contribution is 5.74. The monoisotopic (exact) mass is 435 g/mol. The Bertz CT molecular complexity index is 830. The Morgan fingerprint density at radius 2 is 1.75 bits per heavy atom. The highest BCUT2D eigenvalue weighted by Gasteiger charge is 2.36. The van der Waals surface area contributed by atoms with Crippen LogP contribution in [0.25, 0.3) is 0 Å². The van der Waals surface area contributed by atoms with Gasteiger partial charge in [0.05, 0.1) is 5.92 Å². The molecule has 5 atom stereocenters. The van der Waals surface area contributed by atoms with Crippen LogP contribution in [0.3, 0.4) is 0 Å². The van der Waals surface area contributed by atoms with Crippen LogP contribution in [0, 0.1) is 30.6 Å². The average molecular weight is 436 g/mol. The number of benzene rings is 2. The van der Waals surface area contributed by atoms with Crippen LogP contribution in [-0.2, 0) is 16.1 Å². The summed E-state index contributed by atoms with van der Waals surface area (Å²) >= 11 is 0. The Morgan fingerprint density at radius 3 is 2.38 bits per heavy atom. The SMILES string of the molecule is CC[C@@H](C(=O)O[C@@H]1C[C@H](C)CC[C@H]1C(C)C)[C@@H](NCc1ccccc1)c1ccc(C)cc1. The molecule has 0 saturated heterocycles. The van der Waals surface area contributed by atoms with Gasteiger partial charge in [0.2, 0.25) is 0 Å². The van der Waals surface area contributed by atoms with Crippen molar-refractivity contribution in [1.82, 2.24) is 5.32 Å². The molecule has 3 rings (SSSR count). The van der Waals surface area contributed by atoms with Crippen molar-refractivity contribution in [2.75, 3.05) is 0 Å². The first-order chi connectivity index (χ1) is 15.4. The van der Waals surface area contributed by atoms with E-state index in [0.717, 1.165) is 31.4 Å². The molecule has 1 fully saturated rings. The van der Waals surface area contributed by atoms with Gasteiger partial charge in [-0.15, -0.1) is 0 Å². The number of hydrogen-bond donors (Lipinski definition) is 1. The fourth-order valence-electron chi connectivity index (χ4n) is 5.12. The molecule has 3 nitrogen and oxygen atoms in total. The molecule has 3 heteroatoms. The third-order valence-electron chi connectivity index (χ3n) is 7.18. The van der Waals surface area contributed by atoms with Gasteiger partial charge in [-0.05, 0) is 55.1 Å². The predicted octanol–water partition coefficient (Wildman–Crippen LogP) is 6.86. The van der Waals surface area contributed by atoms with Gasteiger partial charge in [0.15, 0.2) is 0 Å². The minimum Gasteiger partial charge on any atom is -0.462 e. The Morgan fingerprint density at radius 1 is 1.06 bits per heavy atom. The molecular formula is C29H41NO2. The van der Waals surface area contributed by atoms with E-state index < -0.39 is 0 Å². The Labute approximate surface area is 195 Å². The van der Waals surface area contributed by atoms with Gasteiger partial charge in [0, 0.05) is 12.6 Å². The maximum absolute atomic E-state index is 13.5. The second-order valence-corrected chi connectivity index (χ2v) is 10.1. The summed E-state index contributed by atoms with van der Waals surface area (Å²) in [6, 6.07) is 18.9. The first-order valence-electron chi connectivity index (χ1n) is 12.4. The van der Waals surface area contributed by atoms with E-state index in [1.54, 1.807) is 0 Å². The first kappa shape index (κ1) is 24.5. The molecule has 0 bridgehead atoms. The molecule has 0 amide bonds. The van der Waals surface area contributed by atoms with E-state index in [0.29, 0.717) is 17.8 Å². The Kier molecular flexibility index (Phi) is 8.92. The number of aryl methyl sites for hydroxylation is 1. The molecular weight excluding hydrogens is 394 g/mol. The van der Waals surface area contributed by atoms with Crippen LogP contribution >= 0.6 is 0 Å². The van der Waals surface area contributed by atoms with Crippen LogP contribution in [-0.4, -0.2) is 12.1 Å². The van der Waals surface area contributed by atoms with E-state index in [2.05, 4.69) is 88.5 Å². The van der Waals surface area contributed by atoms with Crippen LogP contribution in [0.15, 0.2) is 54.6 Å². The molecule has 0 unspecified atom stereocenters. The van der Waals surface area contributed by atoms with Crippen LogP contribution < -0.4 is 5.32 Å². The quantitative estimate of drug-likeness (QED) is 0.437. The summed E-state index contributed by atoms with van der Waals surface area (Å²) in [6.07, 6.45) is 4.15. The largest absolute Gasteiger partial charge is 0.462 e. The molecule has 0 spiro atoms. The maximum Gasteiger partial charge on any atom is 0.311 e. The lowest BCUT2D eigenvalue weighted by Gasteiger charge is -2.38. The zero-order valence-corrected chi connectivity index (χ0v) is 20.5. The van der Waals surface area contributed by atoms with Crippen molar-refractivity contribution in [3.05, 3.63) is 71.3 Å². The van der Waals surface area contributed by atoms with Gasteiger partial charge in [-0.2, -0.15) is 0 Å². The topological polar surface area (TPSA) is 38.3 Å². The molecule has 2 aromatic carbocycles. The molecule has 174 valence electrons. The van der Waals surface area contributed by atoms with Crippen molar-refractivity contribution < 1.29 is 9.53 Å². The van der Waals surface area contributed by atoms with E-state index in [1.807, 2.05) is 6.07 Å². The second-order valence-electron chi connectivity index (χ2n) is 10.1. The van der Waals surface area contributed by atoms with Gasteiger partial charge < -0.3 is 10.1 Å². The van der Waals surface area contributed by atoms with Gasteiger partial charge in [-0.1, -0.05) is 94.3 Å². The average Bonchev–Trinajstić information content (AvgIpc) is 2.78. The van der Waals surface area contributed by atoms with E-state index in [-0.39, 0.29) is 24.0 Å². The molecule has 0 radical (unpaired) electrons. The van der Waals surface area contributed by atoms with E-state index in [9.17, 15) is 4.79 Å². The Balaban J connectivity index is 1.80. The van der Waals surface area contributed by atoms with Gasteiger partial charge in [0.25, 0.3) is 0 Å². The van der Waals surface area contributed by atoms with E-state index in [4.69, 9.17) is 4.74 Å². The molecule has 1 aliphatic carbocycles. The smallest absolute Gasteiger partial charge is 0.311 e. The van der Waals surface area contributed by atoms with Crippen LogP contribution in [0.4, 0.5) is 0 Å². The van der Waals surface area contributed by atoms with Crippen molar-refractivity contribution in [2.45, 2.75) is 79.0 Å². The standard InChI is InChI=1S/C29H41NO2/c1-6-25(29(31)32-27-18-22(5)14-17-26(27)20(2)3)28(24-15-12-21(4)13-16-24)30-19-23-10-8-7-9-11-23/h7-13,15-16,20,22,25-28,30H,6,14,17-19H2,1-5H3/t22-,25-,26+,27-,28+/m1/s1. The number of rotatable bonds is 9. The molecule has 32 heavy (non-hydrogen) atoms. The molecule has 0 heterocycles. The lowest BCUT2D eigenvalue weighted by atomic mass is 9.75. The first-order valence-corrected chi connectivity index (χ1v) is 12.4. The molecule has 1 saturated carbocycles. The van der Waals surface area contributed by atoms with Crippen molar-refractivity contribution >= 4 is 5.97 Å². The third kappa shape index (κ3) is 6.45. The molecule has 1 N–H and O–H groups in total. The zero-order chi connectivity index (χ0) is 23.1. The summed E-state index contributed by atoms with van der Waals surface area (Å²) in [5.74, 6) is 1.34. The van der Waals surface area contributed by atoms with Crippen LogP contribution in [0.1, 0.15) is 76.1 Å². The summed E-state index contributed by atoms with van der Waals surface area (Å²) in [4.78, 5) is 13.5. The van der Waals surface area contributed by atoms with E-state index >= 15 is 0 Å². The fourth-order valence-corrected chi connectivity index (χ4v) is 5.12. The molecule has 0 aromatic heterocycles. The van der Waals surface area contributed by atoms with Gasteiger partial charge >= 0.3 is 5.97 Å². The number of ether oxygens (including phenoxy) is 1. The van der Waals surface area contributed by atoms with Crippen LogP contribution in [0.2, 0.25) is 0 Å².